The number of fused-ring (bicyclic) bond motifs is 1. The lowest BCUT2D eigenvalue weighted by Gasteiger charge is -2.29. The number of nitrogen functional groups attached to an aromatic ring is 1. The third-order valence-electron chi connectivity index (χ3n) is 3.88. The molecule has 0 fully saturated rings. The predicted molar refractivity (Wildman–Crippen MR) is 88.7 cm³/mol. The lowest BCUT2D eigenvalue weighted by atomic mass is 9.88. The molecule has 21 heavy (non-hydrogen) atoms. The van der Waals surface area contributed by atoms with Gasteiger partial charge in [-0.3, -0.25) is 0 Å². The Kier molecular flexibility index (Phi) is 6.04. The Balaban J connectivity index is 0.00000220. The van der Waals surface area contributed by atoms with E-state index < -0.39 is 10.2 Å². The van der Waals surface area contributed by atoms with Gasteiger partial charge in [-0.2, -0.15) is 17.4 Å². The highest BCUT2D eigenvalue weighted by Crippen LogP contribution is 2.31. The average molecular weight is 334 g/mol. The van der Waals surface area contributed by atoms with Gasteiger partial charge in [0.1, 0.15) is 0 Å². The van der Waals surface area contributed by atoms with E-state index in [-0.39, 0.29) is 24.5 Å². The van der Waals surface area contributed by atoms with Crippen molar-refractivity contribution in [2.75, 3.05) is 12.8 Å². The smallest absolute Gasteiger partial charge is 0.279 e. The van der Waals surface area contributed by atoms with Crippen LogP contribution in [0.2, 0.25) is 0 Å². The fourth-order valence-electron chi connectivity index (χ4n) is 2.50. The zero-order chi connectivity index (χ0) is 14.9. The van der Waals surface area contributed by atoms with Crippen molar-refractivity contribution in [3.05, 3.63) is 29.3 Å². The minimum Gasteiger partial charge on any atom is -0.399 e. The molecule has 5 nitrogen and oxygen atoms in total. The first-order valence-electron chi connectivity index (χ1n) is 6.95. The molecule has 0 radical (unpaired) electrons. The van der Waals surface area contributed by atoms with Crippen molar-refractivity contribution in [3.8, 4) is 0 Å². The number of nitrogens with one attached hydrogen (secondary N) is 1. The van der Waals surface area contributed by atoms with Gasteiger partial charge in [-0.15, -0.1) is 12.4 Å². The SMILES string of the molecule is CC(C)N(C)S(=O)(=O)NC1CCCc2cc(N)ccc21.Cl. The molecule has 1 aromatic rings. The third kappa shape index (κ3) is 4.10. The Labute approximate surface area is 133 Å². The van der Waals surface area contributed by atoms with Gasteiger partial charge in [0.2, 0.25) is 0 Å². The molecule has 0 aromatic heterocycles. The van der Waals surface area contributed by atoms with Crippen molar-refractivity contribution in [1.82, 2.24) is 9.03 Å². The molecule has 2 rings (SSSR count). The molecule has 1 atom stereocenters. The van der Waals surface area contributed by atoms with Crippen LogP contribution in [0.1, 0.15) is 43.9 Å². The second-order valence-electron chi connectivity index (χ2n) is 5.64. The topological polar surface area (TPSA) is 75.4 Å². The van der Waals surface area contributed by atoms with E-state index in [9.17, 15) is 8.42 Å². The van der Waals surface area contributed by atoms with Gasteiger partial charge in [0.15, 0.2) is 0 Å². The molecule has 1 unspecified atom stereocenters. The fourth-order valence-corrected chi connectivity index (χ4v) is 3.82. The van der Waals surface area contributed by atoms with Crippen molar-refractivity contribution >= 4 is 28.3 Å². The fraction of sp³-hybridized carbons (Fsp3) is 0.571. The molecule has 1 aliphatic rings. The predicted octanol–water partition coefficient (Wildman–Crippen LogP) is 2.24. The first-order chi connectivity index (χ1) is 9.31. The van der Waals surface area contributed by atoms with E-state index >= 15 is 0 Å². The number of rotatable bonds is 4. The maximum absolute atomic E-state index is 12.3. The van der Waals surface area contributed by atoms with Crippen molar-refractivity contribution < 1.29 is 8.42 Å². The Morgan fingerprint density at radius 3 is 2.67 bits per heavy atom. The summed E-state index contributed by atoms with van der Waals surface area (Å²) >= 11 is 0. The highest BCUT2D eigenvalue weighted by molar-refractivity contribution is 7.87. The summed E-state index contributed by atoms with van der Waals surface area (Å²) in [5.74, 6) is 0. The highest BCUT2D eigenvalue weighted by atomic mass is 35.5. The van der Waals surface area contributed by atoms with Gasteiger partial charge in [-0.1, -0.05) is 6.07 Å². The molecule has 0 bridgehead atoms. The first-order valence-corrected chi connectivity index (χ1v) is 8.39. The van der Waals surface area contributed by atoms with Crippen molar-refractivity contribution in [3.63, 3.8) is 0 Å². The summed E-state index contributed by atoms with van der Waals surface area (Å²) in [4.78, 5) is 0. The molecule has 0 spiro atoms. The number of aryl methyl sites for hydroxylation is 1. The lowest BCUT2D eigenvalue weighted by molar-refractivity contribution is 0.391. The molecule has 1 aliphatic carbocycles. The molecular formula is C14H24ClN3O2S. The molecule has 0 heterocycles. The number of nitrogens with zero attached hydrogens (tertiary/aromatic N) is 1. The van der Waals surface area contributed by atoms with Crippen LogP contribution in [0.15, 0.2) is 18.2 Å². The van der Waals surface area contributed by atoms with Gasteiger partial charge >= 0.3 is 0 Å². The lowest BCUT2D eigenvalue weighted by Crippen LogP contribution is -2.44. The standard InChI is InChI=1S/C14H23N3O2S.ClH/c1-10(2)17(3)20(18,19)16-14-6-4-5-11-9-12(15)7-8-13(11)14;/h7-10,14,16H,4-6,15H2,1-3H3;1H. The van der Waals surface area contributed by atoms with Crippen molar-refractivity contribution in [2.24, 2.45) is 0 Å². The Morgan fingerprint density at radius 2 is 2.05 bits per heavy atom. The van der Waals surface area contributed by atoms with Gasteiger partial charge in [0.05, 0.1) is 0 Å². The van der Waals surface area contributed by atoms with Gasteiger partial charge < -0.3 is 5.73 Å². The van der Waals surface area contributed by atoms with Gasteiger partial charge in [0.25, 0.3) is 10.2 Å². The largest absolute Gasteiger partial charge is 0.399 e. The van der Waals surface area contributed by atoms with Crippen LogP contribution in [0.3, 0.4) is 0 Å². The summed E-state index contributed by atoms with van der Waals surface area (Å²) in [7, 11) is -1.86. The van der Waals surface area contributed by atoms with Crippen LogP contribution in [-0.2, 0) is 16.6 Å². The quantitative estimate of drug-likeness (QED) is 0.830. The monoisotopic (exact) mass is 333 g/mol. The normalized spacial score (nSPS) is 18.4. The van der Waals surface area contributed by atoms with E-state index in [1.165, 1.54) is 4.31 Å². The first kappa shape index (κ1) is 18.2. The van der Waals surface area contributed by atoms with E-state index in [1.54, 1.807) is 7.05 Å². The molecule has 7 heteroatoms. The molecule has 0 amide bonds. The van der Waals surface area contributed by atoms with E-state index in [4.69, 9.17) is 5.73 Å². The summed E-state index contributed by atoms with van der Waals surface area (Å²) in [6.45, 7) is 3.71. The number of halogens is 1. The zero-order valence-corrected chi connectivity index (χ0v) is 14.3. The minimum absolute atomic E-state index is 0. The maximum atomic E-state index is 12.3. The second kappa shape index (κ2) is 6.96. The van der Waals surface area contributed by atoms with Gasteiger partial charge in [-0.25, -0.2) is 0 Å². The second-order valence-corrected chi connectivity index (χ2v) is 7.40. The highest BCUT2D eigenvalue weighted by Gasteiger charge is 2.28. The Bertz CT molecular complexity index is 590. The van der Waals surface area contributed by atoms with E-state index in [1.807, 2.05) is 32.0 Å². The molecule has 3 N–H and O–H groups in total. The van der Waals surface area contributed by atoms with Crippen LogP contribution < -0.4 is 10.5 Å². The van der Waals surface area contributed by atoms with E-state index in [0.29, 0.717) is 0 Å². The molecule has 1 aromatic carbocycles. The molecular weight excluding hydrogens is 310 g/mol. The van der Waals surface area contributed by atoms with Gasteiger partial charge in [-0.05, 0) is 56.4 Å². The maximum Gasteiger partial charge on any atom is 0.279 e. The van der Waals surface area contributed by atoms with E-state index in [2.05, 4.69) is 4.72 Å². The van der Waals surface area contributed by atoms with Crippen molar-refractivity contribution in [1.29, 1.82) is 0 Å². The minimum atomic E-state index is -3.46. The zero-order valence-electron chi connectivity index (χ0n) is 12.7. The number of nitrogens with two attached hydrogens (primary N) is 1. The van der Waals surface area contributed by atoms with Crippen LogP contribution in [0, 0.1) is 0 Å². The molecule has 0 saturated carbocycles. The Hall–Kier alpha value is -0.820. The van der Waals surface area contributed by atoms with Crippen molar-refractivity contribution in [2.45, 2.75) is 45.2 Å². The van der Waals surface area contributed by atoms with Gasteiger partial charge in [0, 0.05) is 24.8 Å². The molecule has 120 valence electrons. The number of hydrogen-bond donors (Lipinski definition) is 2. The van der Waals surface area contributed by atoms with Crippen LogP contribution in [0.4, 0.5) is 5.69 Å². The number of benzene rings is 1. The van der Waals surface area contributed by atoms with E-state index in [0.717, 1.165) is 36.1 Å². The third-order valence-corrected chi connectivity index (χ3v) is 5.64. The Morgan fingerprint density at radius 1 is 1.38 bits per heavy atom. The molecule has 0 aliphatic heterocycles. The molecule has 0 saturated heterocycles. The summed E-state index contributed by atoms with van der Waals surface area (Å²) < 4.78 is 28.8. The summed E-state index contributed by atoms with van der Waals surface area (Å²) in [5.41, 5.74) is 8.72. The van der Waals surface area contributed by atoms with Crippen LogP contribution in [0.5, 0.6) is 0 Å². The number of anilines is 1. The summed E-state index contributed by atoms with van der Waals surface area (Å²) in [5, 5.41) is 0. The average Bonchev–Trinajstić information content (AvgIpc) is 2.37. The number of hydrogen-bond acceptors (Lipinski definition) is 3. The summed E-state index contributed by atoms with van der Waals surface area (Å²) in [6, 6.07) is 5.49. The van der Waals surface area contributed by atoms with Crippen LogP contribution in [0.25, 0.3) is 0 Å². The summed E-state index contributed by atoms with van der Waals surface area (Å²) in [6.07, 6.45) is 2.75. The van der Waals surface area contributed by atoms with Crippen LogP contribution in [-0.4, -0.2) is 25.8 Å². The van der Waals surface area contributed by atoms with Crippen LogP contribution >= 0.6 is 12.4 Å².